The second-order valence-corrected chi connectivity index (χ2v) is 5.65. The van der Waals surface area contributed by atoms with Crippen molar-refractivity contribution in [3.05, 3.63) is 66.7 Å². The number of nitro groups is 2. The zero-order valence-corrected chi connectivity index (χ0v) is 13.8. The van der Waals surface area contributed by atoms with Gasteiger partial charge in [0, 0.05) is 11.1 Å². The van der Waals surface area contributed by atoms with Crippen LogP contribution in [0.25, 0.3) is 0 Å². The molecule has 0 heterocycles. The van der Waals surface area contributed by atoms with Crippen molar-refractivity contribution in [3.8, 4) is 0 Å². The number of non-ortho nitro benzene ring substituents is 1. The number of hydrogen-bond acceptors (Lipinski definition) is 5. The second-order valence-electron chi connectivity index (χ2n) is 5.21. The average Bonchev–Trinajstić information content (AvgIpc) is 2.54. The summed E-state index contributed by atoms with van der Waals surface area (Å²) in [7, 11) is 0. The molecule has 0 saturated carbocycles. The molecule has 2 aromatic carbocycles. The number of anilines is 2. The lowest BCUT2D eigenvalue weighted by molar-refractivity contribution is -0.394. The molecule has 150 valence electrons. The maximum absolute atomic E-state index is 13.3. The molecule has 0 aliphatic rings. The maximum Gasteiger partial charge on any atom is 0.418 e. The fourth-order valence-corrected chi connectivity index (χ4v) is 2.38. The van der Waals surface area contributed by atoms with Crippen LogP contribution in [0.2, 0.25) is 5.02 Å². The highest BCUT2D eigenvalue weighted by Crippen LogP contribution is 2.45. The van der Waals surface area contributed by atoms with Crippen LogP contribution in [-0.2, 0) is 12.4 Å². The van der Waals surface area contributed by atoms with Crippen molar-refractivity contribution in [3.63, 3.8) is 0 Å². The predicted octanol–water partition coefficient (Wildman–Crippen LogP) is 5.94. The van der Waals surface area contributed by atoms with Crippen molar-refractivity contribution in [2.24, 2.45) is 0 Å². The van der Waals surface area contributed by atoms with E-state index in [1.54, 1.807) is 5.32 Å². The molecule has 0 aromatic heterocycles. The van der Waals surface area contributed by atoms with E-state index >= 15 is 0 Å². The summed E-state index contributed by atoms with van der Waals surface area (Å²) in [6.07, 6.45) is -10.4. The van der Waals surface area contributed by atoms with Crippen molar-refractivity contribution in [1.82, 2.24) is 0 Å². The lowest BCUT2D eigenvalue weighted by Gasteiger charge is -2.18. The topological polar surface area (TPSA) is 98.3 Å². The molecule has 0 saturated heterocycles. The van der Waals surface area contributed by atoms with Gasteiger partial charge in [0.15, 0.2) is 0 Å². The van der Waals surface area contributed by atoms with Gasteiger partial charge in [0.25, 0.3) is 11.4 Å². The zero-order chi connectivity index (χ0) is 21.4. The van der Waals surface area contributed by atoms with Gasteiger partial charge in [-0.1, -0.05) is 11.6 Å². The Morgan fingerprint density at radius 1 is 0.857 bits per heavy atom. The Kier molecular flexibility index (Phi) is 5.41. The minimum atomic E-state index is -5.34. The summed E-state index contributed by atoms with van der Waals surface area (Å²) >= 11 is 5.48. The van der Waals surface area contributed by atoms with Crippen LogP contribution in [0, 0.1) is 20.2 Å². The summed E-state index contributed by atoms with van der Waals surface area (Å²) in [4.78, 5) is 19.2. The van der Waals surface area contributed by atoms with Crippen molar-refractivity contribution in [2.45, 2.75) is 12.4 Å². The predicted molar refractivity (Wildman–Crippen MR) is 84.5 cm³/mol. The Morgan fingerprint density at radius 2 is 1.43 bits per heavy atom. The van der Waals surface area contributed by atoms with Crippen LogP contribution >= 0.6 is 11.6 Å². The van der Waals surface area contributed by atoms with Crippen LogP contribution in [0.15, 0.2) is 30.3 Å². The largest absolute Gasteiger partial charge is 0.418 e. The summed E-state index contributed by atoms with van der Waals surface area (Å²) < 4.78 is 79.4. The molecule has 0 amide bonds. The summed E-state index contributed by atoms with van der Waals surface area (Å²) in [6.45, 7) is 0. The van der Waals surface area contributed by atoms with Crippen LogP contribution in [0.3, 0.4) is 0 Å². The van der Waals surface area contributed by atoms with Crippen LogP contribution in [-0.4, -0.2) is 9.85 Å². The van der Waals surface area contributed by atoms with Gasteiger partial charge in [-0.15, -0.1) is 0 Å². The van der Waals surface area contributed by atoms with Gasteiger partial charge in [0.1, 0.15) is 5.69 Å². The van der Waals surface area contributed by atoms with Gasteiger partial charge in [0.2, 0.25) is 0 Å². The van der Waals surface area contributed by atoms with Gasteiger partial charge in [-0.3, -0.25) is 20.2 Å². The molecule has 0 atom stereocenters. The molecule has 7 nitrogen and oxygen atoms in total. The van der Waals surface area contributed by atoms with E-state index in [0.717, 1.165) is 6.07 Å². The highest BCUT2D eigenvalue weighted by molar-refractivity contribution is 6.30. The van der Waals surface area contributed by atoms with E-state index in [1.807, 2.05) is 0 Å². The maximum atomic E-state index is 13.3. The minimum Gasteiger partial charge on any atom is -0.349 e. The first-order chi connectivity index (χ1) is 12.7. The first kappa shape index (κ1) is 21.2. The normalized spacial score (nSPS) is 12.0. The van der Waals surface area contributed by atoms with Crippen molar-refractivity contribution < 1.29 is 36.2 Å². The average molecular weight is 430 g/mol. The van der Waals surface area contributed by atoms with Crippen LogP contribution in [0.1, 0.15) is 11.1 Å². The molecule has 0 unspecified atom stereocenters. The first-order valence-electron chi connectivity index (χ1n) is 6.89. The van der Waals surface area contributed by atoms with E-state index in [4.69, 9.17) is 11.6 Å². The van der Waals surface area contributed by atoms with E-state index in [9.17, 15) is 46.6 Å². The van der Waals surface area contributed by atoms with Crippen LogP contribution in [0.5, 0.6) is 0 Å². The highest BCUT2D eigenvalue weighted by atomic mass is 35.5. The quantitative estimate of drug-likeness (QED) is 0.368. The third-order valence-electron chi connectivity index (χ3n) is 3.36. The zero-order valence-electron chi connectivity index (χ0n) is 13.1. The fourth-order valence-electron chi connectivity index (χ4n) is 2.21. The van der Waals surface area contributed by atoms with E-state index in [0.29, 0.717) is 12.1 Å². The summed E-state index contributed by atoms with van der Waals surface area (Å²) in [5, 5.41) is 23.3. The lowest BCUT2D eigenvalue weighted by atomic mass is 10.1. The van der Waals surface area contributed by atoms with Gasteiger partial charge < -0.3 is 5.32 Å². The van der Waals surface area contributed by atoms with Gasteiger partial charge >= 0.3 is 12.4 Å². The Bertz CT molecular complexity index is 961. The Morgan fingerprint density at radius 3 is 1.89 bits per heavy atom. The van der Waals surface area contributed by atoms with Crippen molar-refractivity contribution in [1.29, 1.82) is 0 Å². The Hall–Kier alpha value is -3.09. The molecule has 1 N–H and O–H groups in total. The molecule has 0 radical (unpaired) electrons. The van der Waals surface area contributed by atoms with E-state index < -0.39 is 56.1 Å². The van der Waals surface area contributed by atoms with Gasteiger partial charge in [-0.25, -0.2) is 0 Å². The molecule has 2 rings (SSSR count). The highest BCUT2D eigenvalue weighted by Gasteiger charge is 2.41. The van der Waals surface area contributed by atoms with Crippen LogP contribution in [0.4, 0.5) is 49.1 Å². The summed E-state index contributed by atoms with van der Waals surface area (Å²) in [5.41, 5.74) is -8.38. The molecular weight excluding hydrogens is 424 g/mol. The molecule has 2 aromatic rings. The number of rotatable bonds is 4. The smallest absolute Gasteiger partial charge is 0.349 e. The summed E-state index contributed by atoms with van der Waals surface area (Å²) in [6, 6.07) is 2.20. The second kappa shape index (κ2) is 7.14. The number of halogens is 7. The molecule has 0 aliphatic heterocycles. The number of nitro benzene ring substituents is 2. The number of alkyl halides is 6. The minimum absolute atomic E-state index is 0.0154. The third-order valence-corrected chi connectivity index (χ3v) is 3.60. The molecule has 28 heavy (non-hydrogen) atoms. The van der Waals surface area contributed by atoms with E-state index in [-0.39, 0.29) is 17.2 Å². The fraction of sp³-hybridized carbons (Fsp3) is 0.143. The van der Waals surface area contributed by atoms with Gasteiger partial charge in [-0.05, 0) is 18.2 Å². The monoisotopic (exact) mass is 429 g/mol. The molecule has 0 spiro atoms. The van der Waals surface area contributed by atoms with Crippen LogP contribution < -0.4 is 5.32 Å². The molecule has 14 heteroatoms. The van der Waals surface area contributed by atoms with E-state index in [2.05, 4.69) is 0 Å². The number of nitrogens with zero attached hydrogens (tertiary/aromatic N) is 2. The summed E-state index contributed by atoms with van der Waals surface area (Å²) in [5.74, 6) is 0. The lowest BCUT2D eigenvalue weighted by Crippen LogP contribution is -2.14. The van der Waals surface area contributed by atoms with Gasteiger partial charge in [0.05, 0.1) is 32.7 Å². The Balaban J connectivity index is 2.79. The molecule has 0 bridgehead atoms. The van der Waals surface area contributed by atoms with Crippen molar-refractivity contribution in [2.75, 3.05) is 5.32 Å². The molecule has 0 aliphatic carbocycles. The third kappa shape index (κ3) is 4.42. The number of hydrogen-bond donors (Lipinski definition) is 1. The van der Waals surface area contributed by atoms with E-state index in [1.165, 1.54) is 0 Å². The standard InChI is InChI=1S/C14H6ClF6N3O4/c15-6-1-2-10(8(3-6)13(16,17)18)22-12-9(14(19,20)21)4-7(23(25)26)5-11(12)24(27)28/h1-5,22H. The number of benzene rings is 2. The SMILES string of the molecule is O=[N+]([O-])c1cc([N+](=O)[O-])c(Nc2ccc(Cl)cc2C(F)(F)F)c(C(F)(F)F)c1. The first-order valence-corrected chi connectivity index (χ1v) is 7.27. The molecule has 0 fully saturated rings. The van der Waals surface area contributed by atoms with Crippen molar-refractivity contribution >= 4 is 34.4 Å². The number of nitrogens with one attached hydrogen (secondary N) is 1. The Labute approximate surface area is 155 Å². The van der Waals surface area contributed by atoms with Gasteiger partial charge in [-0.2, -0.15) is 26.3 Å². The molecular formula is C14H6ClF6N3O4.